The third-order valence-corrected chi connectivity index (χ3v) is 12.7. The smallest absolute Gasteiger partial charge is 0.132 e. The Hall–Kier alpha value is -3.26. The molecule has 2 unspecified atom stereocenters. The van der Waals surface area contributed by atoms with Crippen LogP contribution in [0.3, 0.4) is 0 Å². The summed E-state index contributed by atoms with van der Waals surface area (Å²) in [6.45, 7) is 8.91. The van der Waals surface area contributed by atoms with Crippen LogP contribution in [0.15, 0.2) is 72.8 Å². The van der Waals surface area contributed by atoms with Gasteiger partial charge in [0.25, 0.3) is 0 Å². The van der Waals surface area contributed by atoms with Crippen molar-refractivity contribution in [2.75, 3.05) is 0 Å². The molecule has 0 N–H and O–H groups in total. The van der Waals surface area contributed by atoms with Crippen molar-refractivity contribution in [1.82, 2.24) is 8.75 Å². The molecule has 49 heavy (non-hydrogen) atoms. The standard InChI is InChI=1S/C42H46F2N2S3/c1-5-9-11-27(7-3)23-29-13-15-31(35(43)25-29)37-19-21-39(47-37)33-17-18-34(42-41(33)45-49-46-42)40-22-20-38(48-40)32-16-14-30(26-36(32)44)24-28(8-4)12-10-6-2/h13-22,25-28H,5-12,23-24H2,1-4H3. The largest absolute Gasteiger partial charge is 0.206 e. The van der Waals surface area contributed by atoms with E-state index in [0.29, 0.717) is 23.0 Å². The van der Waals surface area contributed by atoms with Gasteiger partial charge in [0.15, 0.2) is 0 Å². The van der Waals surface area contributed by atoms with Crippen molar-refractivity contribution >= 4 is 45.4 Å². The Balaban J connectivity index is 1.21. The summed E-state index contributed by atoms with van der Waals surface area (Å²) in [5.74, 6) is 0.873. The first kappa shape index (κ1) is 35.6. The van der Waals surface area contributed by atoms with Crippen LogP contribution in [0.5, 0.6) is 0 Å². The molecule has 3 heterocycles. The molecule has 0 radical (unpaired) electrons. The van der Waals surface area contributed by atoms with Crippen LogP contribution in [0.1, 0.15) is 90.2 Å². The first-order valence-corrected chi connectivity index (χ1v) is 20.3. The number of aromatic nitrogens is 2. The molecule has 0 aliphatic heterocycles. The second-order valence-corrected chi connectivity index (χ2v) is 16.0. The minimum absolute atomic E-state index is 0.163. The van der Waals surface area contributed by atoms with Crippen LogP contribution < -0.4 is 0 Å². The maximum absolute atomic E-state index is 15.4. The Kier molecular flexibility index (Phi) is 12.1. The van der Waals surface area contributed by atoms with Gasteiger partial charge >= 0.3 is 0 Å². The summed E-state index contributed by atoms with van der Waals surface area (Å²) in [6, 6.07) is 23.8. The topological polar surface area (TPSA) is 25.8 Å². The Bertz CT molecular complexity index is 1850. The van der Waals surface area contributed by atoms with E-state index in [1.807, 2.05) is 24.3 Å². The number of rotatable bonds is 16. The second kappa shape index (κ2) is 16.6. The molecule has 0 spiro atoms. The van der Waals surface area contributed by atoms with Gasteiger partial charge in [-0.05, 0) is 72.2 Å². The highest BCUT2D eigenvalue weighted by molar-refractivity contribution is 7.19. The monoisotopic (exact) mass is 712 g/mol. The average molecular weight is 713 g/mol. The summed E-state index contributed by atoms with van der Waals surface area (Å²) in [4.78, 5) is 3.86. The molecule has 0 amide bonds. The molecule has 7 heteroatoms. The molecular weight excluding hydrogens is 667 g/mol. The Morgan fingerprint density at radius 3 is 1.29 bits per heavy atom. The van der Waals surface area contributed by atoms with Crippen molar-refractivity contribution < 1.29 is 8.78 Å². The van der Waals surface area contributed by atoms with Gasteiger partial charge in [-0.15, -0.1) is 22.7 Å². The number of hydrogen-bond acceptors (Lipinski definition) is 5. The van der Waals surface area contributed by atoms with Gasteiger partial charge in [-0.1, -0.05) is 115 Å². The number of fused-ring (bicyclic) bond motifs is 1. The molecule has 3 aromatic heterocycles. The lowest BCUT2D eigenvalue weighted by Crippen LogP contribution is -2.03. The minimum atomic E-state index is -0.163. The summed E-state index contributed by atoms with van der Waals surface area (Å²) >= 11 is 4.35. The number of unbranched alkanes of at least 4 members (excludes halogenated alkanes) is 2. The quantitative estimate of drug-likeness (QED) is 0.0998. The molecule has 6 aromatic rings. The summed E-state index contributed by atoms with van der Waals surface area (Å²) in [5.41, 5.74) is 7.08. The van der Waals surface area contributed by atoms with E-state index >= 15 is 8.78 Å². The molecule has 0 saturated carbocycles. The van der Waals surface area contributed by atoms with Gasteiger partial charge in [-0.3, -0.25) is 0 Å². The highest BCUT2D eigenvalue weighted by atomic mass is 32.1. The number of halogens is 2. The van der Waals surface area contributed by atoms with Crippen molar-refractivity contribution in [2.45, 2.75) is 91.9 Å². The second-order valence-electron chi connectivity index (χ2n) is 13.3. The van der Waals surface area contributed by atoms with E-state index in [0.717, 1.165) is 78.5 Å². The van der Waals surface area contributed by atoms with E-state index in [2.05, 4.69) is 64.1 Å². The molecule has 0 fully saturated rings. The lowest BCUT2D eigenvalue weighted by molar-refractivity contribution is 0.448. The zero-order valence-corrected chi connectivity index (χ0v) is 31.5. The van der Waals surface area contributed by atoms with Crippen molar-refractivity contribution in [3.63, 3.8) is 0 Å². The van der Waals surface area contributed by atoms with Crippen LogP contribution >= 0.6 is 34.4 Å². The lowest BCUT2D eigenvalue weighted by Gasteiger charge is -2.15. The highest BCUT2D eigenvalue weighted by Crippen LogP contribution is 2.43. The zero-order chi connectivity index (χ0) is 34.3. The number of benzene rings is 3. The third-order valence-electron chi connectivity index (χ3n) is 9.89. The van der Waals surface area contributed by atoms with Crippen LogP contribution in [-0.2, 0) is 12.8 Å². The number of nitrogens with zero attached hydrogens (tertiary/aromatic N) is 2. The average Bonchev–Trinajstić information content (AvgIpc) is 3.90. The van der Waals surface area contributed by atoms with Crippen molar-refractivity contribution in [3.8, 4) is 41.8 Å². The van der Waals surface area contributed by atoms with Crippen LogP contribution in [0, 0.1) is 23.5 Å². The van der Waals surface area contributed by atoms with E-state index < -0.39 is 0 Å². The Morgan fingerprint density at radius 2 is 0.918 bits per heavy atom. The van der Waals surface area contributed by atoms with Crippen LogP contribution in [0.25, 0.3) is 52.8 Å². The van der Waals surface area contributed by atoms with E-state index in [-0.39, 0.29) is 11.6 Å². The van der Waals surface area contributed by atoms with E-state index in [1.165, 1.54) is 50.3 Å². The summed E-state index contributed by atoms with van der Waals surface area (Å²) in [7, 11) is 0. The van der Waals surface area contributed by atoms with E-state index in [4.69, 9.17) is 8.75 Å². The Labute approximate surface area is 302 Å². The summed E-state index contributed by atoms with van der Waals surface area (Å²) in [5, 5.41) is 0. The fourth-order valence-electron chi connectivity index (χ4n) is 6.84. The van der Waals surface area contributed by atoms with Gasteiger partial charge in [-0.2, -0.15) is 8.75 Å². The van der Waals surface area contributed by atoms with Gasteiger partial charge in [0.2, 0.25) is 0 Å². The number of thiophene rings is 2. The normalized spacial score (nSPS) is 12.9. The SMILES string of the molecule is CCCCC(CC)Cc1ccc(-c2ccc(-c3ccc(-c4ccc(-c5ccc(CC(CC)CCCC)cc5F)s4)c4nsnc34)s2)c(F)c1. The number of hydrogen-bond donors (Lipinski definition) is 0. The van der Waals surface area contributed by atoms with Crippen molar-refractivity contribution in [1.29, 1.82) is 0 Å². The van der Waals surface area contributed by atoms with Gasteiger partial charge in [0, 0.05) is 41.8 Å². The molecule has 0 aliphatic carbocycles. The first-order valence-electron chi connectivity index (χ1n) is 17.9. The summed E-state index contributed by atoms with van der Waals surface area (Å²) < 4.78 is 40.3. The molecule has 2 atom stereocenters. The highest BCUT2D eigenvalue weighted by Gasteiger charge is 2.19. The molecule has 6 rings (SSSR count). The molecular formula is C42H46F2N2S3. The predicted molar refractivity (Wildman–Crippen MR) is 209 cm³/mol. The lowest BCUT2D eigenvalue weighted by atomic mass is 9.91. The van der Waals surface area contributed by atoms with Gasteiger partial charge in [0.1, 0.15) is 22.7 Å². The molecule has 2 nitrogen and oxygen atoms in total. The fraction of sp³-hybridized carbons (Fsp3) is 0.381. The van der Waals surface area contributed by atoms with Gasteiger partial charge in [-0.25, -0.2) is 8.78 Å². The predicted octanol–water partition coefficient (Wildman–Crippen LogP) is 14.3. The molecule has 0 aliphatic rings. The molecule has 256 valence electrons. The van der Waals surface area contributed by atoms with Crippen LogP contribution in [-0.4, -0.2) is 8.75 Å². The third kappa shape index (κ3) is 8.22. The van der Waals surface area contributed by atoms with Crippen molar-refractivity contribution in [3.05, 3.63) is 95.6 Å². The Morgan fingerprint density at radius 1 is 0.531 bits per heavy atom. The fourth-order valence-corrected chi connectivity index (χ4v) is 9.54. The van der Waals surface area contributed by atoms with Gasteiger partial charge < -0.3 is 0 Å². The van der Waals surface area contributed by atoms with Crippen LogP contribution in [0.2, 0.25) is 0 Å². The zero-order valence-electron chi connectivity index (χ0n) is 29.0. The molecule has 0 bridgehead atoms. The van der Waals surface area contributed by atoms with E-state index in [1.54, 1.807) is 34.8 Å². The molecule has 3 aromatic carbocycles. The maximum atomic E-state index is 15.4. The van der Waals surface area contributed by atoms with Crippen molar-refractivity contribution in [2.24, 2.45) is 11.8 Å². The van der Waals surface area contributed by atoms with Crippen LogP contribution in [0.4, 0.5) is 8.78 Å². The molecule has 0 saturated heterocycles. The summed E-state index contributed by atoms with van der Waals surface area (Å²) in [6.07, 6.45) is 11.3. The maximum Gasteiger partial charge on any atom is 0.132 e. The minimum Gasteiger partial charge on any atom is -0.206 e. The van der Waals surface area contributed by atoms with Gasteiger partial charge in [0.05, 0.1) is 11.7 Å². The van der Waals surface area contributed by atoms with E-state index in [9.17, 15) is 0 Å². The first-order chi connectivity index (χ1) is 23.9.